The fourth-order valence-corrected chi connectivity index (χ4v) is 3.04. The van der Waals surface area contributed by atoms with Crippen LogP contribution in [0.4, 0.5) is 0 Å². The molecule has 7 heteroatoms. The summed E-state index contributed by atoms with van der Waals surface area (Å²) in [5, 5.41) is 0. The summed E-state index contributed by atoms with van der Waals surface area (Å²) in [6.07, 6.45) is 3.13. The second-order valence-electron chi connectivity index (χ2n) is 6.99. The van der Waals surface area contributed by atoms with E-state index in [-0.39, 0.29) is 11.8 Å². The lowest BCUT2D eigenvalue weighted by atomic mass is 10.0. The van der Waals surface area contributed by atoms with Gasteiger partial charge in [-0.1, -0.05) is 18.2 Å². The standard InChI is InChI=1S/C20H24N4O3/c1-20(2,19(21)26)24-12-10-23(11-13-24)18(25)16-14-22-9-8-17(16)27-15-6-4-3-5-7-15/h3-9,14H,10-13H2,1-2H3,(H2,21,26). The van der Waals surface area contributed by atoms with E-state index in [2.05, 4.69) is 4.98 Å². The lowest BCUT2D eigenvalue weighted by Gasteiger charge is -2.42. The maximum atomic E-state index is 13.0. The third-order valence-corrected chi connectivity index (χ3v) is 4.94. The first kappa shape index (κ1) is 18.8. The molecular formula is C20H24N4O3. The molecule has 1 aliphatic heterocycles. The number of primary amides is 1. The Morgan fingerprint density at radius 3 is 2.37 bits per heavy atom. The third kappa shape index (κ3) is 4.09. The van der Waals surface area contributed by atoms with Gasteiger partial charge in [0.15, 0.2) is 0 Å². The topological polar surface area (TPSA) is 88.8 Å². The zero-order valence-corrected chi connectivity index (χ0v) is 15.6. The van der Waals surface area contributed by atoms with Crippen molar-refractivity contribution in [1.82, 2.24) is 14.8 Å². The first-order chi connectivity index (χ1) is 12.9. The smallest absolute Gasteiger partial charge is 0.259 e. The first-order valence-electron chi connectivity index (χ1n) is 8.91. The monoisotopic (exact) mass is 368 g/mol. The summed E-state index contributed by atoms with van der Waals surface area (Å²) in [5.74, 6) is 0.630. The van der Waals surface area contributed by atoms with E-state index in [0.717, 1.165) is 0 Å². The molecule has 0 radical (unpaired) electrons. The maximum Gasteiger partial charge on any atom is 0.259 e. The molecule has 2 heterocycles. The van der Waals surface area contributed by atoms with Crippen LogP contribution in [0.2, 0.25) is 0 Å². The molecule has 1 aliphatic rings. The molecule has 142 valence electrons. The van der Waals surface area contributed by atoms with Crippen molar-refractivity contribution in [1.29, 1.82) is 0 Å². The molecule has 1 fully saturated rings. The lowest BCUT2D eigenvalue weighted by molar-refractivity contribution is -0.129. The number of rotatable bonds is 5. The number of pyridine rings is 1. The Morgan fingerprint density at radius 1 is 1.07 bits per heavy atom. The van der Waals surface area contributed by atoms with E-state index in [4.69, 9.17) is 10.5 Å². The van der Waals surface area contributed by atoms with Gasteiger partial charge in [-0.15, -0.1) is 0 Å². The molecule has 0 spiro atoms. The van der Waals surface area contributed by atoms with Crippen LogP contribution in [0.1, 0.15) is 24.2 Å². The number of aromatic nitrogens is 1. The normalized spacial score (nSPS) is 15.4. The number of amides is 2. The summed E-state index contributed by atoms with van der Waals surface area (Å²) < 4.78 is 5.87. The van der Waals surface area contributed by atoms with Crippen LogP contribution in [0.3, 0.4) is 0 Å². The first-order valence-corrected chi connectivity index (χ1v) is 8.91. The number of hydrogen-bond donors (Lipinski definition) is 1. The molecule has 2 amide bonds. The van der Waals surface area contributed by atoms with Gasteiger partial charge in [0.1, 0.15) is 17.1 Å². The number of hydrogen-bond acceptors (Lipinski definition) is 5. The van der Waals surface area contributed by atoms with Crippen LogP contribution in [0.5, 0.6) is 11.5 Å². The zero-order valence-electron chi connectivity index (χ0n) is 15.6. The molecule has 0 bridgehead atoms. The van der Waals surface area contributed by atoms with Crippen LogP contribution >= 0.6 is 0 Å². The molecular weight excluding hydrogens is 344 g/mol. The summed E-state index contributed by atoms with van der Waals surface area (Å²) in [6.45, 7) is 5.79. The Hall–Kier alpha value is -2.93. The highest BCUT2D eigenvalue weighted by Crippen LogP contribution is 2.26. The van der Waals surface area contributed by atoms with Crippen molar-refractivity contribution in [2.24, 2.45) is 5.73 Å². The minimum atomic E-state index is -0.731. The largest absolute Gasteiger partial charge is 0.456 e. The van der Waals surface area contributed by atoms with Crippen molar-refractivity contribution >= 4 is 11.8 Å². The van der Waals surface area contributed by atoms with Gasteiger partial charge in [-0.2, -0.15) is 0 Å². The minimum absolute atomic E-state index is 0.134. The van der Waals surface area contributed by atoms with Crippen LogP contribution in [-0.2, 0) is 4.79 Å². The van der Waals surface area contributed by atoms with Gasteiger partial charge in [0.2, 0.25) is 5.91 Å². The molecule has 1 aromatic heterocycles. The number of piperazine rings is 1. The number of ether oxygens (including phenoxy) is 1. The number of benzene rings is 1. The van der Waals surface area contributed by atoms with Crippen molar-refractivity contribution in [3.05, 3.63) is 54.4 Å². The Kier molecular flexibility index (Phi) is 5.41. The molecule has 1 aromatic carbocycles. The van der Waals surface area contributed by atoms with Gasteiger partial charge < -0.3 is 15.4 Å². The average Bonchev–Trinajstić information content (AvgIpc) is 2.68. The molecule has 1 saturated heterocycles. The Balaban J connectivity index is 1.71. The van der Waals surface area contributed by atoms with Gasteiger partial charge in [0.25, 0.3) is 5.91 Å². The van der Waals surface area contributed by atoms with Gasteiger partial charge >= 0.3 is 0 Å². The second-order valence-corrected chi connectivity index (χ2v) is 6.99. The number of carbonyl (C=O) groups excluding carboxylic acids is 2. The van der Waals surface area contributed by atoms with Crippen LogP contribution in [0, 0.1) is 0 Å². The summed E-state index contributed by atoms with van der Waals surface area (Å²) >= 11 is 0. The van der Waals surface area contributed by atoms with Gasteiger partial charge in [0, 0.05) is 38.6 Å². The van der Waals surface area contributed by atoms with Crippen LogP contribution in [0.15, 0.2) is 48.8 Å². The van der Waals surface area contributed by atoms with Crippen molar-refractivity contribution in [3.8, 4) is 11.5 Å². The third-order valence-electron chi connectivity index (χ3n) is 4.94. The fraction of sp³-hybridized carbons (Fsp3) is 0.350. The maximum absolute atomic E-state index is 13.0. The van der Waals surface area contributed by atoms with E-state index in [1.165, 1.54) is 6.20 Å². The Morgan fingerprint density at radius 2 is 1.74 bits per heavy atom. The van der Waals surface area contributed by atoms with Gasteiger partial charge in [-0.05, 0) is 32.0 Å². The predicted molar refractivity (Wildman–Crippen MR) is 102 cm³/mol. The molecule has 0 saturated carbocycles. The fourth-order valence-electron chi connectivity index (χ4n) is 3.04. The second kappa shape index (κ2) is 7.75. The summed E-state index contributed by atoms with van der Waals surface area (Å²) in [4.78, 5) is 32.5. The number of nitrogens with two attached hydrogens (primary N) is 1. The highest BCUT2D eigenvalue weighted by molar-refractivity contribution is 5.96. The number of para-hydroxylation sites is 1. The van der Waals surface area contributed by atoms with Crippen molar-refractivity contribution in [2.45, 2.75) is 19.4 Å². The van der Waals surface area contributed by atoms with Crippen molar-refractivity contribution < 1.29 is 14.3 Å². The minimum Gasteiger partial charge on any atom is -0.456 e. The molecule has 0 aliphatic carbocycles. The molecule has 3 rings (SSSR count). The van der Waals surface area contributed by atoms with E-state index in [0.29, 0.717) is 43.2 Å². The molecule has 2 aromatic rings. The summed E-state index contributed by atoms with van der Waals surface area (Å²) in [5.41, 5.74) is 5.18. The Labute approximate surface area is 158 Å². The molecule has 0 unspecified atom stereocenters. The average molecular weight is 368 g/mol. The van der Waals surface area contributed by atoms with Crippen LogP contribution < -0.4 is 10.5 Å². The molecule has 0 atom stereocenters. The van der Waals surface area contributed by atoms with E-state index in [1.54, 1.807) is 31.0 Å². The molecule has 7 nitrogen and oxygen atoms in total. The number of carbonyl (C=O) groups is 2. The highest BCUT2D eigenvalue weighted by atomic mass is 16.5. The van der Waals surface area contributed by atoms with E-state index in [9.17, 15) is 9.59 Å². The summed E-state index contributed by atoms with van der Waals surface area (Å²) in [6, 6.07) is 11.0. The van der Waals surface area contributed by atoms with Crippen LogP contribution in [0.25, 0.3) is 0 Å². The van der Waals surface area contributed by atoms with E-state index < -0.39 is 5.54 Å². The van der Waals surface area contributed by atoms with Crippen LogP contribution in [-0.4, -0.2) is 58.3 Å². The Bertz CT molecular complexity index is 815. The van der Waals surface area contributed by atoms with E-state index >= 15 is 0 Å². The SMILES string of the molecule is CC(C)(C(N)=O)N1CCN(C(=O)c2cnccc2Oc2ccccc2)CC1. The zero-order chi connectivity index (χ0) is 19.4. The number of nitrogens with zero attached hydrogens (tertiary/aromatic N) is 3. The van der Waals surface area contributed by atoms with Gasteiger partial charge in [-0.25, -0.2) is 0 Å². The van der Waals surface area contributed by atoms with Gasteiger partial charge in [0.05, 0.1) is 5.54 Å². The van der Waals surface area contributed by atoms with Gasteiger partial charge in [-0.3, -0.25) is 19.5 Å². The predicted octanol–water partition coefficient (Wildman–Crippen LogP) is 1.90. The summed E-state index contributed by atoms with van der Waals surface area (Å²) in [7, 11) is 0. The highest BCUT2D eigenvalue weighted by Gasteiger charge is 2.36. The van der Waals surface area contributed by atoms with Crippen molar-refractivity contribution in [2.75, 3.05) is 26.2 Å². The van der Waals surface area contributed by atoms with Crippen molar-refractivity contribution in [3.63, 3.8) is 0 Å². The molecule has 27 heavy (non-hydrogen) atoms. The lowest BCUT2D eigenvalue weighted by Crippen LogP contribution is -2.60. The quantitative estimate of drug-likeness (QED) is 0.871. The molecule has 2 N–H and O–H groups in total. The van der Waals surface area contributed by atoms with E-state index in [1.807, 2.05) is 35.2 Å².